The Morgan fingerprint density at radius 1 is 1.25 bits per heavy atom. The summed E-state index contributed by atoms with van der Waals surface area (Å²) in [6, 6.07) is 7.08. The maximum Gasteiger partial charge on any atom is 0.407 e. The monoisotopic (exact) mass is 496 g/mol. The Morgan fingerprint density at radius 3 is 2.69 bits per heavy atom. The average molecular weight is 497 g/mol. The Morgan fingerprint density at radius 2 is 2.00 bits per heavy atom. The predicted octanol–water partition coefficient (Wildman–Crippen LogP) is 3.02. The zero-order chi connectivity index (χ0) is 25.7. The Bertz CT molecular complexity index is 1330. The number of carbonyl (C=O) groups is 2. The van der Waals surface area contributed by atoms with Gasteiger partial charge in [0, 0.05) is 31.9 Å². The molecule has 2 aromatic heterocycles. The zero-order valence-corrected chi connectivity index (χ0v) is 20.2. The van der Waals surface area contributed by atoms with Crippen LogP contribution in [0.15, 0.2) is 34.9 Å². The van der Waals surface area contributed by atoms with Crippen LogP contribution < -0.4 is 20.3 Å². The second-order valence-electron chi connectivity index (χ2n) is 9.62. The first kappa shape index (κ1) is 23.7. The van der Waals surface area contributed by atoms with E-state index in [1.54, 1.807) is 38.3 Å². The van der Waals surface area contributed by atoms with Gasteiger partial charge in [0.05, 0.1) is 24.1 Å². The molecule has 0 saturated carbocycles. The fourth-order valence-corrected chi connectivity index (χ4v) is 4.57. The van der Waals surface area contributed by atoms with Gasteiger partial charge in [-0.05, 0) is 44.9 Å². The van der Waals surface area contributed by atoms with E-state index in [4.69, 9.17) is 14.1 Å². The Balaban J connectivity index is 1.40. The standard InChI is InChI=1S/C24H28N6O6/c1-23(2)20(32)26-16-12-14(4-5-17(16)36-23)25-21-27-15-6-11-35-18(15)19(28-21)30-9-7-24(13-31,8-10-30)29(3)22(33)34/h4-6,11-12,31H,7-10,13H2,1-3H3,(H,26,32)(H,33,34)(H,25,27,28). The topological polar surface area (TPSA) is 153 Å². The van der Waals surface area contributed by atoms with E-state index in [9.17, 15) is 19.8 Å². The van der Waals surface area contributed by atoms with Gasteiger partial charge in [0.2, 0.25) is 5.95 Å². The molecule has 0 radical (unpaired) electrons. The van der Waals surface area contributed by atoms with Crippen molar-refractivity contribution in [1.82, 2.24) is 14.9 Å². The van der Waals surface area contributed by atoms with Gasteiger partial charge in [-0.1, -0.05) is 0 Å². The molecule has 3 aromatic rings. The van der Waals surface area contributed by atoms with Crippen molar-refractivity contribution in [1.29, 1.82) is 0 Å². The molecule has 36 heavy (non-hydrogen) atoms. The minimum atomic E-state index is -1.07. The van der Waals surface area contributed by atoms with Crippen LogP contribution in [0.5, 0.6) is 5.75 Å². The number of likely N-dealkylation sites (N-methyl/N-ethyl adjacent to an activating group) is 1. The first-order valence-corrected chi connectivity index (χ1v) is 11.6. The molecule has 12 heteroatoms. The predicted molar refractivity (Wildman–Crippen MR) is 132 cm³/mol. The van der Waals surface area contributed by atoms with Gasteiger partial charge in [-0.2, -0.15) is 4.98 Å². The molecule has 190 valence electrons. The number of ether oxygens (including phenoxy) is 1. The van der Waals surface area contributed by atoms with Crippen LogP contribution in [0.25, 0.3) is 11.1 Å². The molecule has 4 heterocycles. The highest BCUT2D eigenvalue weighted by Crippen LogP contribution is 2.37. The van der Waals surface area contributed by atoms with Crippen LogP contribution in [0.1, 0.15) is 26.7 Å². The third kappa shape index (κ3) is 4.02. The number of aliphatic hydroxyl groups is 1. The summed E-state index contributed by atoms with van der Waals surface area (Å²) < 4.78 is 11.5. The van der Waals surface area contributed by atoms with Gasteiger partial charge in [-0.15, -0.1) is 0 Å². The fourth-order valence-electron chi connectivity index (χ4n) is 4.57. The number of piperidine rings is 1. The number of carboxylic acid groups (broad SMARTS) is 1. The highest BCUT2D eigenvalue weighted by atomic mass is 16.5. The highest BCUT2D eigenvalue weighted by Gasteiger charge is 2.41. The van der Waals surface area contributed by atoms with Crippen molar-refractivity contribution < 1.29 is 29.0 Å². The van der Waals surface area contributed by atoms with Gasteiger partial charge in [-0.3, -0.25) is 4.79 Å². The van der Waals surface area contributed by atoms with Crippen LogP contribution in [-0.4, -0.2) is 75.0 Å². The van der Waals surface area contributed by atoms with E-state index >= 15 is 0 Å². The van der Waals surface area contributed by atoms with Gasteiger partial charge >= 0.3 is 6.09 Å². The van der Waals surface area contributed by atoms with Crippen LogP contribution in [0, 0.1) is 0 Å². The largest absolute Gasteiger partial charge is 0.476 e. The summed E-state index contributed by atoms with van der Waals surface area (Å²) >= 11 is 0. The van der Waals surface area contributed by atoms with E-state index in [0.29, 0.717) is 65.9 Å². The summed E-state index contributed by atoms with van der Waals surface area (Å²) in [5.41, 5.74) is 0.550. The fraction of sp³-hybridized carbons (Fsp3) is 0.417. The van der Waals surface area contributed by atoms with Crippen molar-refractivity contribution in [2.24, 2.45) is 0 Å². The van der Waals surface area contributed by atoms with E-state index in [1.165, 1.54) is 11.9 Å². The number of nitrogens with one attached hydrogen (secondary N) is 2. The Kier molecular flexibility index (Phi) is 5.62. The summed E-state index contributed by atoms with van der Waals surface area (Å²) in [5, 5.41) is 25.5. The smallest absolute Gasteiger partial charge is 0.407 e. The molecular weight excluding hydrogens is 468 g/mol. The van der Waals surface area contributed by atoms with Crippen LogP contribution in [0.4, 0.5) is 27.9 Å². The molecule has 0 unspecified atom stereocenters. The molecule has 2 amide bonds. The lowest BCUT2D eigenvalue weighted by Gasteiger charge is -2.45. The second-order valence-corrected chi connectivity index (χ2v) is 9.62. The van der Waals surface area contributed by atoms with Crippen LogP contribution >= 0.6 is 0 Å². The maximum absolute atomic E-state index is 12.3. The lowest BCUT2D eigenvalue weighted by Crippen LogP contribution is -2.58. The van der Waals surface area contributed by atoms with Crippen molar-refractivity contribution in [2.75, 3.05) is 42.3 Å². The average Bonchev–Trinajstić information content (AvgIpc) is 3.32. The summed E-state index contributed by atoms with van der Waals surface area (Å²) in [6.45, 7) is 4.10. The molecule has 2 aliphatic rings. The summed E-state index contributed by atoms with van der Waals surface area (Å²) in [5.74, 6) is 1.25. The lowest BCUT2D eigenvalue weighted by atomic mass is 9.87. The van der Waals surface area contributed by atoms with Gasteiger partial charge < -0.3 is 39.8 Å². The van der Waals surface area contributed by atoms with Crippen LogP contribution in [0.3, 0.4) is 0 Å². The number of benzene rings is 1. The summed E-state index contributed by atoms with van der Waals surface area (Å²) in [6.07, 6.45) is 1.33. The number of carbonyl (C=O) groups excluding carboxylic acids is 1. The molecular formula is C24H28N6O6. The maximum atomic E-state index is 12.3. The number of aromatic nitrogens is 2. The van der Waals surface area contributed by atoms with Gasteiger partial charge in [0.15, 0.2) is 17.0 Å². The lowest BCUT2D eigenvalue weighted by molar-refractivity contribution is -0.129. The molecule has 0 atom stereocenters. The number of hydrogen-bond acceptors (Lipinski definition) is 9. The number of anilines is 4. The summed E-state index contributed by atoms with van der Waals surface area (Å²) in [7, 11) is 1.48. The number of hydrogen-bond donors (Lipinski definition) is 4. The Hall–Kier alpha value is -4.06. The molecule has 4 N–H and O–H groups in total. The van der Waals surface area contributed by atoms with Crippen LogP contribution in [-0.2, 0) is 4.79 Å². The summed E-state index contributed by atoms with van der Waals surface area (Å²) in [4.78, 5) is 36.3. The van der Waals surface area contributed by atoms with Crippen molar-refractivity contribution in [3.8, 4) is 5.75 Å². The molecule has 1 fully saturated rings. The van der Waals surface area contributed by atoms with E-state index in [2.05, 4.69) is 15.6 Å². The third-order valence-corrected chi connectivity index (χ3v) is 6.97. The molecule has 0 bridgehead atoms. The number of furan rings is 1. The third-order valence-electron chi connectivity index (χ3n) is 6.97. The van der Waals surface area contributed by atoms with E-state index in [-0.39, 0.29) is 12.5 Å². The van der Waals surface area contributed by atoms with Gasteiger partial charge in [-0.25, -0.2) is 9.78 Å². The van der Waals surface area contributed by atoms with E-state index in [1.807, 2.05) is 11.0 Å². The number of amides is 2. The van der Waals surface area contributed by atoms with Gasteiger partial charge in [0.25, 0.3) is 5.91 Å². The van der Waals surface area contributed by atoms with Crippen molar-refractivity contribution in [3.05, 3.63) is 30.5 Å². The molecule has 12 nitrogen and oxygen atoms in total. The van der Waals surface area contributed by atoms with Crippen molar-refractivity contribution >= 4 is 46.2 Å². The quantitative estimate of drug-likeness (QED) is 0.414. The molecule has 0 spiro atoms. The van der Waals surface area contributed by atoms with E-state index in [0.717, 1.165) is 0 Å². The minimum Gasteiger partial charge on any atom is -0.476 e. The molecule has 1 saturated heterocycles. The normalized spacial score (nSPS) is 18.2. The first-order chi connectivity index (χ1) is 17.1. The zero-order valence-electron chi connectivity index (χ0n) is 20.2. The number of rotatable bonds is 5. The van der Waals surface area contributed by atoms with Crippen molar-refractivity contribution in [3.63, 3.8) is 0 Å². The van der Waals surface area contributed by atoms with Crippen molar-refractivity contribution in [2.45, 2.75) is 37.8 Å². The Labute approximate surface area is 206 Å². The number of nitrogens with zero attached hydrogens (tertiary/aromatic N) is 4. The highest BCUT2D eigenvalue weighted by molar-refractivity contribution is 6.00. The molecule has 2 aliphatic heterocycles. The number of aliphatic hydroxyl groups excluding tert-OH is 1. The molecule has 0 aliphatic carbocycles. The first-order valence-electron chi connectivity index (χ1n) is 11.6. The molecule has 1 aromatic carbocycles. The van der Waals surface area contributed by atoms with Crippen LogP contribution in [0.2, 0.25) is 0 Å². The van der Waals surface area contributed by atoms with E-state index < -0.39 is 17.2 Å². The SMILES string of the molecule is CN(C(=O)O)C1(CO)CCN(c2nc(Nc3ccc4c(c3)NC(=O)C(C)(C)O4)nc3ccoc23)CC1. The minimum absolute atomic E-state index is 0.233. The molecule has 5 rings (SSSR count). The van der Waals surface area contributed by atoms with Gasteiger partial charge in [0.1, 0.15) is 11.3 Å². The number of fused-ring (bicyclic) bond motifs is 2. The second kappa shape index (κ2) is 8.55.